The van der Waals surface area contributed by atoms with Gasteiger partial charge in [0.2, 0.25) is 5.91 Å². The molecule has 0 radical (unpaired) electrons. The Morgan fingerprint density at radius 3 is 2.58 bits per heavy atom. The van der Waals surface area contributed by atoms with Gasteiger partial charge in [-0.1, -0.05) is 19.1 Å². The van der Waals surface area contributed by atoms with E-state index < -0.39 is 0 Å². The van der Waals surface area contributed by atoms with Gasteiger partial charge in [-0.15, -0.1) is 10.2 Å². The normalized spacial score (nSPS) is 10.7. The molecule has 3 aromatic rings. The molecule has 1 amide bonds. The Morgan fingerprint density at radius 2 is 1.92 bits per heavy atom. The smallest absolute Gasteiger partial charge is 0.224 e. The second-order valence-corrected chi connectivity index (χ2v) is 6.02. The average molecular weight is 349 g/mol. The summed E-state index contributed by atoms with van der Waals surface area (Å²) in [4.78, 5) is 16.4. The van der Waals surface area contributed by atoms with Crippen molar-refractivity contribution in [1.82, 2.24) is 19.7 Å². The molecule has 0 aliphatic heterocycles. The first-order valence-electron chi connectivity index (χ1n) is 8.92. The molecular weight excluding hydrogens is 326 g/mol. The van der Waals surface area contributed by atoms with Gasteiger partial charge in [-0.2, -0.15) is 0 Å². The second kappa shape index (κ2) is 8.38. The largest absolute Gasteiger partial charge is 0.326 e. The maximum absolute atomic E-state index is 12.2. The van der Waals surface area contributed by atoms with E-state index in [1.165, 1.54) is 5.56 Å². The van der Waals surface area contributed by atoms with Crippen LogP contribution in [0, 0.1) is 0 Å². The SMILES string of the molecule is CCc1ccc(NC(=O)CCc2nnc(-c3cccnc3)n2CC)cc1. The molecule has 0 fully saturated rings. The first-order chi connectivity index (χ1) is 12.7. The number of carbonyl (C=O) groups excluding carboxylic acids is 1. The van der Waals surface area contributed by atoms with Crippen LogP contribution in [0.5, 0.6) is 0 Å². The van der Waals surface area contributed by atoms with Gasteiger partial charge < -0.3 is 9.88 Å². The Balaban J connectivity index is 1.64. The van der Waals surface area contributed by atoms with Gasteiger partial charge in [-0.3, -0.25) is 9.78 Å². The molecule has 0 unspecified atom stereocenters. The zero-order valence-corrected chi connectivity index (χ0v) is 15.1. The monoisotopic (exact) mass is 349 g/mol. The van der Waals surface area contributed by atoms with E-state index in [1.807, 2.05) is 47.9 Å². The highest BCUT2D eigenvalue weighted by atomic mass is 16.1. The number of benzene rings is 1. The summed E-state index contributed by atoms with van der Waals surface area (Å²) in [7, 11) is 0. The standard InChI is InChI=1S/C20H23N5O/c1-3-15-7-9-17(10-8-15)22-19(26)12-11-18-23-24-20(25(18)4-2)16-6-5-13-21-14-16/h5-10,13-14H,3-4,11-12H2,1-2H3,(H,22,26). The number of rotatable bonds is 7. The lowest BCUT2D eigenvalue weighted by Crippen LogP contribution is -2.14. The topological polar surface area (TPSA) is 72.7 Å². The predicted octanol–water partition coefficient (Wildman–Crippen LogP) is 3.49. The quantitative estimate of drug-likeness (QED) is 0.708. The fourth-order valence-corrected chi connectivity index (χ4v) is 2.83. The number of amides is 1. The molecular formula is C20H23N5O. The molecule has 0 bridgehead atoms. The van der Waals surface area contributed by atoms with Crippen LogP contribution in [0.25, 0.3) is 11.4 Å². The summed E-state index contributed by atoms with van der Waals surface area (Å²) in [6, 6.07) is 11.8. The summed E-state index contributed by atoms with van der Waals surface area (Å²) < 4.78 is 2.03. The zero-order chi connectivity index (χ0) is 18.4. The van der Waals surface area contributed by atoms with Gasteiger partial charge in [0.1, 0.15) is 5.82 Å². The summed E-state index contributed by atoms with van der Waals surface area (Å²) in [6.45, 7) is 4.89. The zero-order valence-electron chi connectivity index (χ0n) is 15.1. The molecule has 6 nitrogen and oxygen atoms in total. The fraction of sp³-hybridized carbons (Fsp3) is 0.300. The fourth-order valence-electron chi connectivity index (χ4n) is 2.83. The first kappa shape index (κ1) is 17.8. The van der Waals surface area contributed by atoms with Crippen LogP contribution >= 0.6 is 0 Å². The number of hydrogen-bond acceptors (Lipinski definition) is 4. The van der Waals surface area contributed by atoms with Crippen molar-refractivity contribution in [1.29, 1.82) is 0 Å². The molecule has 0 saturated heterocycles. The van der Waals surface area contributed by atoms with Crippen LogP contribution in [0.3, 0.4) is 0 Å². The minimum absolute atomic E-state index is 0.0252. The highest BCUT2D eigenvalue weighted by molar-refractivity contribution is 5.90. The van der Waals surface area contributed by atoms with Crippen molar-refractivity contribution < 1.29 is 4.79 Å². The van der Waals surface area contributed by atoms with Crippen molar-refractivity contribution in [3.05, 3.63) is 60.2 Å². The van der Waals surface area contributed by atoms with Crippen LogP contribution in [-0.2, 0) is 24.2 Å². The number of nitrogens with one attached hydrogen (secondary N) is 1. The highest BCUT2D eigenvalue weighted by Gasteiger charge is 2.14. The Kier molecular flexibility index (Phi) is 5.73. The summed E-state index contributed by atoms with van der Waals surface area (Å²) in [6.07, 6.45) is 5.39. The highest BCUT2D eigenvalue weighted by Crippen LogP contribution is 2.18. The van der Waals surface area contributed by atoms with E-state index in [1.54, 1.807) is 12.4 Å². The number of anilines is 1. The van der Waals surface area contributed by atoms with Crippen LogP contribution in [0.4, 0.5) is 5.69 Å². The lowest BCUT2D eigenvalue weighted by atomic mass is 10.1. The third-order valence-electron chi connectivity index (χ3n) is 4.28. The molecule has 1 N–H and O–H groups in total. The van der Waals surface area contributed by atoms with Gasteiger partial charge in [-0.05, 0) is 43.2 Å². The summed E-state index contributed by atoms with van der Waals surface area (Å²) >= 11 is 0. The number of hydrogen-bond donors (Lipinski definition) is 1. The molecule has 0 atom stereocenters. The van der Waals surface area contributed by atoms with Crippen molar-refractivity contribution in [2.24, 2.45) is 0 Å². The van der Waals surface area contributed by atoms with Gasteiger partial charge >= 0.3 is 0 Å². The summed E-state index contributed by atoms with van der Waals surface area (Å²) in [5, 5.41) is 11.5. The maximum atomic E-state index is 12.2. The van der Waals surface area contributed by atoms with Gasteiger partial charge in [0.05, 0.1) is 0 Å². The minimum atomic E-state index is -0.0252. The Bertz CT molecular complexity index is 856. The Hall–Kier alpha value is -3.02. The molecule has 2 aromatic heterocycles. The van der Waals surface area contributed by atoms with Gasteiger partial charge in [0.15, 0.2) is 5.82 Å². The Labute approximate surface area is 153 Å². The van der Waals surface area contributed by atoms with Gasteiger partial charge in [-0.25, -0.2) is 0 Å². The number of pyridine rings is 1. The predicted molar refractivity (Wildman–Crippen MR) is 102 cm³/mol. The van der Waals surface area contributed by atoms with Gasteiger partial charge in [0, 0.05) is 43.0 Å². The molecule has 26 heavy (non-hydrogen) atoms. The molecule has 1 aromatic carbocycles. The maximum Gasteiger partial charge on any atom is 0.224 e. The average Bonchev–Trinajstić information content (AvgIpc) is 3.10. The van der Waals surface area contributed by atoms with Crippen LogP contribution in [-0.4, -0.2) is 25.7 Å². The number of carbonyl (C=O) groups is 1. The third kappa shape index (κ3) is 4.14. The van der Waals surface area contributed by atoms with Crippen molar-refractivity contribution in [2.75, 3.05) is 5.32 Å². The number of aromatic nitrogens is 4. The molecule has 0 aliphatic carbocycles. The van der Waals surface area contributed by atoms with E-state index in [0.29, 0.717) is 12.8 Å². The van der Waals surface area contributed by atoms with Gasteiger partial charge in [0.25, 0.3) is 0 Å². The van der Waals surface area contributed by atoms with E-state index in [9.17, 15) is 4.79 Å². The van der Waals surface area contributed by atoms with Crippen LogP contribution in [0.15, 0.2) is 48.8 Å². The lowest BCUT2D eigenvalue weighted by Gasteiger charge is -2.08. The Morgan fingerprint density at radius 1 is 1.12 bits per heavy atom. The minimum Gasteiger partial charge on any atom is -0.326 e. The number of nitrogens with zero attached hydrogens (tertiary/aromatic N) is 4. The van der Waals surface area contributed by atoms with Crippen molar-refractivity contribution in [3.8, 4) is 11.4 Å². The number of aryl methyl sites for hydroxylation is 2. The molecule has 0 aliphatic rings. The lowest BCUT2D eigenvalue weighted by molar-refractivity contribution is -0.116. The molecule has 3 rings (SSSR count). The molecule has 6 heteroatoms. The van der Waals surface area contributed by atoms with Crippen LogP contribution < -0.4 is 5.32 Å². The summed E-state index contributed by atoms with van der Waals surface area (Å²) in [5.41, 5.74) is 3.00. The van der Waals surface area contributed by atoms with E-state index in [2.05, 4.69) is 27.4 Å². The van der Waals surface area contributed by atoms with E-state index >= 15 is 0 Å². The third-order valence-corrected chi connectivity index (χ3v) is 4.28. The van der Waals surface area contributed by atoms with Crippen molar-refractivity contribution >= 4 is 11.6 Å². The second-order valence-electron chi connectivity index (χ2n) is 6.02. The van der Waals surface area contributed by atoms with E-state index in [0.717, 1.165) is 35.9 Å². The molecule has 2 heterocycles. The molecule has 134 valence electrons. The van der Waals surface area contributed by atoms with Crippen LogP contribution in [0.1, 0.15) is 31.7 Å². The van der Waals surface area contributed by atoms with Crippen molar-refractivity contribution in [3.63, 3.8) is 0 Å². The van der Waals surface area contributed by atoms with Crippen LogP contribution in [0.2, 0.25) is 0 Å². The molecule has 0 saturated carbocycles. The summed E-state index contributed by atoms with van der Waals surface area (Å²) in [5.74, 6) is 1.57. The van der Waals surface area contributed by atoms with E-state index in [4.69, 9.17) is 0 Å². The van der Waals surface area contributed by atoms with Crippen molar-refractivity contribution in [2.45, 2.75) is 39.7 Å². The first-order valence-corrected chi connectivity index (χ1v) is 8.92. The van der Waals surface area contributed by atoms with E-state index in [-0.39, 0.29) is 5.91 Å². The molecule has 0 spiro atoms.